The second kappa shape index (κ2) is 14.6. The second-order valence-electron chi connectivity index (χ2n) is 9.13. The quantitative estimate of drug-likeness (QED) is 0.0998. The monoisotopic (exact) mass is 516 g/mol. The second-order valence-corrected chi connectivity index (χ2v) is 9.13. The average Bonchev–Trinajstić information content (AvgIpc) is 2.90. The molecule has 0 spiro atoms. The van der Waals surface area contributed by atoms with E-state index in [1.165, 1.54) is 11.1 Å². The number of hydrogen-bond acceptors (Lipinski definition) is 6. The molecular weight excluding hydrogens is 480 g/mol. The van der Waals surface area contributed by atoms with Gasteiger partial charge in [0.2, 0.25) is 0 Å². The Morgan fingerprint density at radius 3 is 2.42 bits per heavy atom. The van der Waals surface area contributed by atoms with Gasteiger partial charge in [-0.3, -0.25) is 0 Å². The van der Waals surface area contributed by atoms with Crippen molar-refractivity contribution in [2.75, 3.05) is 13.2 Å². The molecular formula is C32H36O6. The fraction of sp³-hybridized carbons (Fsp3) is 0.312. The fourth-order valence-electron chi connectivity index (χ4n) is 3.72. The molecule has 6 nitrogen and oxygen atoms in total. The van der Waals surface area contributed by atoms with Gasteiger partial charge in [0.25, 0.3) is 5.75 Å². The molecule has 3 rings (SSSR count). The summed E-state index contributed by atoms with van der Waals surface area (Å²) >= 11 is 0. The first-order chi connectivity index (χ1) is 18.4. The lowest BCUT2D eigenvalue weighted by atomic mass is 10.1. The molecule has 0 amide bonds. The minimum absolute atomic E-state index is 0.130. The van der Waals surface area contributed by atoms with E-state index in [1.807, 2.05) is 18.2 Å². The average molecular weight is 517 g/mol. The maximum absolute atomic E-state index is 12.9. The lowest BCUT2D eigenvalue weighted by molar-refractivity contribution is 0.0721. The van der Waals surface area contributed by atoms with Gasteiger partial charge in [-0.25, -0.2) is 9.59 Å². The van der Waals surface area contributed by atoms with E-state index in [0.29, 0.717) is 29.7 Å². The van der Waals surface area contributed by atoms with Crippen molar-refractivity contribution in [3.8, 4) is 17.2 Å². The van der Waals surface area contributed by atoms with Gasteiger partial charge in [0.15, 0.2) is 5.75 Å². The van der Waals surface area contributed by atoms with E-state index < -0.39 is 11.6 Å². The lowest BCUT2D eigenvalue weighted by Crippen LogP contribution is -2.16. The number of benzene rings is 2. The van der Waals surface area contributed by atoms with E-state index >= 15 is 0 Å². The van der Waals surface area contributed by atoms with Gasteiger partial charge in [0, 0.05) is 0 Å². The van der Waals surface area contributed by atoms with Gasteiger partial charge in [-0.2, -0.15) is 0 Å². The minimum atomic E-state index is -0.798. The van der Waals surface area contributed by atoms with E-state index in [1.54, 1.807) is 48.5 Å². The van der Waals surface area contributed by atoms with Crippen LogP contribution in [0.5, 0.6) is 17.2 Å². The molecule has 0 bridgehead atoms. The summed E-state index contributed by atoms with van der Waals surface area (Å²) in [6.45, 7) is 8.91. The summed E-state index contributed by atoms with van der Waals surface area (Å²) in [5.41, 5.74) is 2.31. The van der Waals surface area contributed by atoms with Crippen molar-refractivity contribution < 1.29 is 23.4 Å². The Balaban J connectivity index is 1.95. The Hall–Kier alpha value is -4.06. The highest BCUT2D eigenvalue weighted by molar-refractivity contribution is 5.95. The van der Waals surface area contributed by atoms with Crippen LogP contribution in [0.15, 0.2) is 93.2 Å². The molecule has 1 heterocycles. The van der Waals surface area contributed by atoms with Crippen molar-refractivity contribution in [3.63, 3.8) is 0 Å². The summed E-state index contributed by atoms with van der Waals surface area (Å²) in [4.78, 5) is 25.7. The Kier molecular flexibility index (Phi) is 11.0. The minimum Gasteiger partial charge on any atom is -0.489 e. The molecule has 0 fully saturated rings. The molecule has 3 aromatic rings. The van der Waals surface area contributed by atoms with Gasteiger partial charge in [-0.1, -0.05) is 60.6 Å². The summed E-state index contributed by atoms with van der Waals surface area (Å²) in [5, 5.41) is 0.443. The van der Waals surface area contributed by atoms with Crippen molar-refractivity contribution in [2.45, 2.75) is 53.4 Å². The van der Waals surface area contributed by atoms with Gasteiger partial charge in [0.1, 0.15) is 23.3 Å². The molecule has 0 aliphatic heterocycles. The third-order valence-corrected chi connectivity index (χ3v) is 5.71. The van der Waals surface area contributed by atoms with Crippen LogP contribution in [0.4, 0.5) is 0 Å². The van der Waals surface area contributed by atoms with Gasteiger partial charge >= 0.3 is 11.6 Å². The smallest absolute Gasteiger partial charge is 0.383 e. The topological polar surface area (TPSA) is 75.0 Å². The van der Waals surface area contributed by atoms with Crippen LogP contribution >= 0.6 is 0 Å². The first kappa shape index (κ1) is 28.5. The summed E-state index contributed by atoms with van der Waals surface area (Å²) in [6, 6.07) is 13.6. The van der Waals surface area contributed by atoms with Crippen molar-refractivity contribution in [1.82, 2.24) is 0 Å². The van der Waals surface area contributed by atoms with Crippen molar-refractivity contribution in [1.29, 1.82) is 0 Å². The first-order valence-electron chi connectivity index (χ1n) is 13.0. The Morgan fingerprint density at radius 1 is 0.895 bits per heavy atom. The number of carbonyl (C=O) groups excluding carboxylic acids is 1. The molecule has 0 saturated heterocycles. The van der Waals surface area contributed by atoms with Gasteiger partial charge < -0.3 is 18.6 Å². The van der Waals surface area contributed by atoms with Crippen molar-refractivity contribution in [2.24, 2.45) is 0 Å². The first-order valence-corrected chi connectivity index (χ1v) is 13.0. The maximum Gasteiger partial charge on any atom is 0.383 e. The zero-order valence-corrected chi connectivity index (χ0v) is 22.6. The van der Waals surface area contributed by atoms with Gasteiger partial charge in [-0.15, -0.1) is 0 Å². The predicted molar refractivity (Wildman–Crippen MR) is 151 cm³/mol. The summed E-state index contributed by atoms with van der Waals surface area (Å²) in [6.07, 6.45) is 11.7. The molecule has 200 valence electrons. The number of rotatable bonds is 13. The molecule has 0 unspecified atom stereocenters. The summed E-state index contributed by atoms with van der Waals surface area (Å²) < 4.78 is 23.2. The number of fused-ring (bicyclic) bond motifs is 1. The molecule has 0 aliphatic carbocycles. The summed E-state index contributed by atoms with van der Waals surface area (Å²) in [5.74, 6) is -0.377. The highest BCUT2D eigenvalue weighted by Gasteiger charge is 2.24. The molecule has 0 atom stereocenters. The van der Waals surface area contributed by atoms with Crippen LogP contribution in [0.25, 0.3) is 11.0 Å². The molecule has 38 heavy (non-hydrogen) atoms. The standard InChI is InChI=1S/C32H36O6/c1-5-6-7-11-21-36-29-28-26(35-22-20-24(4)15-12-14-23(2)3)18-13-19-27(28)37-32(34)30(29)38-31(33)25-16-9-8-10-17-25/h6-10,13-14,16-20H,5,11-12,15,21-22H2,1-4H3/b7-6?,24-20+. The molecule has 0 saturated carbocycles. The van der Waals surface area contributed by atoms with Crippen LogP contribution in [0, 0.1) is 0 Å². The van der Waals surface area contributed by atoms with Crippen LogP contribution in [-0.2, 0) is 0 Å². The highest BCUT2D eigenvalue weighted by Crippen LogP contribution is 2.39. The zero-order chi connectivity index (χ0) is 27.3. The predicted octanol–water partition coefficient (Wildman–Crippen LogP) is 7.82. The van der Waals surface area contributed by atoms with Crippen molar-refractivity contribution >= 4 is 16.9 Å². The van der Waals surface area contributed by atoms with Crippen LogP contribution < -0.4 is 19.8 Å². The van der Waals surface area contributed by atoms with E-state index in [2.05, 4.69) is 33.8 Å². The largest absolute Gasteiger partial charge is 0.489 e. The van der Waals surface area contributed by atoms with E-state index in [9.17, 15) is 9.59 Å². The number of allylic oxidation sites excluding steroid dienone is 4. The van der Waals surface area contributed by atoms with E-state index in [-0.39, 0.29) is 23.7 Å². The maximum atomic E-state index is 12.9. The van der Waals surface area contributed by atoms with Crippen LogP contribution in [0.3, 0.4) is 0 Å². The third-order valence-electron chi connectivity index (χ3n) is 5.71. The highest BCUT2D eigenvalue weighted by atomic mass is 16.6. The number of carbonyl (C=O) groups is 1. The molecule has 2 aromatic carbocycles. The molecule has 1 aromatic heterocycles. The molecule has 0 radical (unpaired) electrons. The van der Waals surface area contributed by atoms with E-state index in [4.69, 9.17) is 18.6 Å². The summed E-state index contributed by atoms with van der Waals surface area (Å²) in [7, 11) is 0. The fourth-order valence-corrected chi connectivity index (χ4v) is 3.72. The van der Waals surface area contributed by atoms with Crippen molar-refractivity contribution in [3.05, 3.63) is 100.0 Å². The Morgan fingerprint density at radius 2 is 1.68 bits per heavy atom. The Labute approximate surface area is 224 Å². The van der Waals surface area contributed by atoms with Crippen LogP contribution in [0.2, 0.25) is 0 Å². The zero-order valence-electron chi connectivity index (χ0n) is 22.6. The number of ether oxygens (including phenoxy) is 3. The number of esters is 1. The van der Waals surface area contributed by atoms with Gasteiger partial charge in [-0.05, 0) is 76.8 Å². The van der Waals surface area contributed by atoms with E-state index in [0.717, 1.165) is 19.3 Å². The number of hydrogen-bond donors (Lipinski definition) is 0. The van der Waals surface area contributed by atoms with Gasteiger partial charge in [0.05, 0.1) is 12.2 Å². The third kappa shape index (κ3) is 8.23. The molecule has 0 aliphatic rings. The molecule has 0 N–H and O–H groups in total. The Bertz CT molecular complexity index is 1360. The lowest BCUT2D eigenvalue weighted by Gasteiger charge is -2.15. The van der Waals surface area contributed by atoms with Crippen LogP contribution in [-0.4, -0.2) is 19.2 Å². The van der Waals surface area contributed by atoms with Crippen LogP contribution in [0.1, 0.15) is 63.7 Å². The molecule has 6 heteroatoms. The normalized spacial score (nSPS) is 11.5. The SMILES string of the molecule is CCC=CCCOc1c(OC(=O)c2ccccc2)c(=O)oc2cccc(OC/C=C(\C)CCC=C(C)C)c12.